The van der Waals surface area contributed by atoms with Gasteiger partial charge >= 0.3 is 0 Å². The van der Waals surface area contributed by atoms with E-state index >= 15 is 0 Å². The molecular weight excluding hydrogens is 607 g/mol. The zero-order valence-electron chi connectivity index (χ0n) is 27.7. The zero-order valence-corrected chi connectivity index (χ0v) is 27.7. The number of rotatable bonds is 7. The Balaban J connectivity index is 1.11. The minimum atomic E-state index is 0.275. The van der Waals surface area contributed by atoms with Crippen molar-refractivity contribution in [2.45, 2.75) is 5.92 Å². The van der Waals surface area contributed by atoms with Crippen LogP contribution in [-0.2, 0) is 0 Å². The number of benzene rings is 6. The van der Waals surface area contributed by atoms with Crippen LogP contribution in [0, 0.1) is 5.92 Å². The predicted molar refractivity (Wildman–Crippen MR) is 212 cm³/mol. The second kappa shape index (κ2) is 12.3. The quantitative estimate of drug-likeness (QED) is 0.161. The van der Waals surface area contributed by atoms with Crippen molar-refractivity contribution in [1.82, 2.24) is 0 Å². The van der Waals surface area contributed by atoms with E-state index in [0.29, 0.717) is 5.92 Å². The Labute approximate surface area is 292 Å². The summed E-state index contributed by atoms with van der Waals surface area (Å²) in [6, 6.07) is 45.5. The molecule has 1 heterocycles. The molecule has 2 aliphatic rings. The highest BCUT2D eigenvalue weighted by atomic mass is 16.3. The van der Waals surface area contributed by atoms with Crippen LogP contribution in [0.4, 0.5) is 5.69 Å². The molecule has 0 aliphatic heterocycles. The number of hydrogen-bond acceptors (Lipinski definition) is 2. The van der Waals surface area contributed by atoms with E-state index in [9.17, 15) is 0 Å². The molecule has 0 bridgehead atoms. The molecular formula is C48H35NO. The standard InChI is InChI=1S/C48H35NO/c1-3-12-37(4-2)49(39-26-27-41-36(29-39)20-19-34-15-8-9-16-40(34)41)38-24-21-32(22-25-38)35-23-28-47-45(30-35)46-31-44(33-13-6-5-7-14-33)42-17-10-11-18-43(42)48(46)50-47/h3-31,36,41H,1-2H2/b37-12+. The van der Waals surface area contributed by atoms with Gasteiger partial charge in [-0.05, 0) is 87.3 Å². The van der Waals surface area contributed by atoms with Crippen molar-refractivity contribution < 1.29 is 4.42 Å². The third-order valence-electron chi connectivity index (χ3n) is 10.1. The molecule has 2 heteroatoms. The van der Waals surface area contributed by atoms with Gasteiger partial charge in [-0.25, -0.2) is 0 Å². The molecule has 2 aliphatic carbocycles. The second-order valence-electron chi connectivity index (χ2n) is 13.0. The summed E-state index contributed by atoms with van der Waals surface area (Å²) in [5, 5.41) is 4.56. The highest BCUT2D eigenvalue weighted by molar-refractivity contribution is 6.19. The predicted octanol–water partition coefficient (Wildman–Crippen LogP) is 13.0. The van der Waals surface area contributed by atoms with Gasteiger partial charge in [-0.2, -0.15) is 0 Å². The Hall–Kier alpha value is -6.38. The molecule has 0 amide bonds. The first-order valence-corrected chi connectivity index (χ1v) is 17.2. The smallest absolute Gasteiger partial charge is 0.143 e. The van der Waals surface area contributed by atoms with Crippen LogP contribution in [0.3, 0.4) is 0 Å². The summed E-state index contributed by atoms with van der Waals surface area (Å²) in [6.07, 6.45) is 17.3. The molecule has 0 spiro atoms. The normalized spacial score (nSPS) is 16.6. The average Bonchev–Trinajstić information content (AvgIpc) is 3.56. The van der Waals surface area contributed by atoms with E-state index in [4.69, 9.17) is 4.42 Å². The van der Waals surface area contributed by atoms with Crippen LogP contribution in [0.15, 0.2) is 199 Å². The fraction of sp³-hybridized carbons (Fsp3) is 0.0417. The largest absolute Gasteiger partial charge is 0.455 e. The maximum Gasteiger partial charge on any atom is 0.143 e. The molecule has 0 radical (unpaired) electrons. The summed E-state index contributed by atoms with van der Waals surface area (Å²) in [5.41, 5.74) is 12.3. The number of nitrogens with zero attached hydrogens (tertiary/aromatic N) is 1. The lowest BCUT2D eigenvalue weighted by molar-refractivity contribution is 0.673. The molecule has 0 saturated heterocycles. The van der Waals surface area contributed by atoms with E-state index in [2.05, 4.69) is 176 Å². The van der Waals surface area contributed by atoms with E-state index in [0.717, 1.165) is 55.5 Å². The summed E-state index contributed by atoms with van der Waals surface area (Å²) in [5.74, 6) is 0.605. The third-order valence-corrected chi connectivity index (χ3v) is 10.1. The summed E-state index contributed by atoms with van der Waals surface area (Å²) < 4.78 is 6.54. The lowest BCUT2D eigenvalue weighted by Crippen LogP contribution is -2.24. The molecule has 0 saturated carbocycles. The summed E-state index contributed by atoms with van der Waals surface area (Å²) in [7, 11) is 0. The number of hydrogen-bond donors (Lipinski definition) is 0. The fourth-order valence-corrected chi connectivity index (χ4v) is 7.74. The van der Waals surface area contributed by atoms with Crippen molar-refractivity contribution in [1.29, 1.82) is 0 Å². The van der Waals surface area contributed by atoms with E-state index in [1.165, 1.54) is 27.6 Å². The summed E-state index contributed by atoms with van der Waals surface area (Å²) >= 11 is 0. The molecule has 6 aromatic carbocycles. The van der Waals surface area contributed by atoms with Crippen molar-refractivity contribution >= 4 is 44.5 Å². The van der Waals surface area contributed by atoms with E-state index in [-0.39, 0.29) is 5.92 Å². The molecule has 7 aromatic rings. The van der Waals surface area contributed by atoms with Crippen LogP contribution < -0.4 is 4.90 Å². The highest BCUT2D eigenvalue weighted by Crippen LogP contribution is 2.43. The van der Waals surface area contributed by atoms with E-state index < -0.39 is 0 Å². The van der Waals surface area contributed by atoms with Gasteiger partial charge in [-0.15, -0.1) is 0 Å². The van der Waals surface area contributed by atoms with Gasteiger partial charge in [0.05, 0.1) is 0 Å². The number of anilines is 1. The van der Waals surface area contributed by atoms with Gasteiger partial charge in [0.2, 0.25) is 0 Å². The molecule has 2 atom stereocenters. The van der Waals surface area contributed by atoms with Crippen LogP contribution in [-0.4, -0.2) is 0 Å². The van der Waals surface area contributed by atoms with Gasteiger partial charge in [-0.1, -0.05) is 141 Å². The minimum Gasteiger partial charge on any atom is -0.455 e. The van der Waals surface area contributed by atoms with E-state index in [1.807, 2.05) is 18.2 Å². The first-order valence-electron chi connectivity index (χ1n) is 17.2. The fourth-order valence-electron chi connectivity index (χ4n) is 7.74. The summed E-state index contributed by atoms with van der Waals surface area (Å²) in [4.78, 5) is 2.27. The average molecular weight is 642 g/mol. The maximum absolute atomic E-state index is 6.54. The van der Waals surface area contributed by atoms with Crippen LogP contribution >= 0.6 is 0 Å². The van der Waals surface area contributed by atoms with Crippen molar-refractivity contribution in [2.24, 2.45) is 5.92 Å². The third kappa shape index (κ3) is 4.96. The monoisotopic (exact) mass is 641 g/mol. The highest BCUT2D eigenvalue weighted by Gasteiger charge is 2.27. The van der Waals surface area contributed by atoms with Gasteiger partial charge in [0.15, 0.2) is 0 Å². The van der Waals surface area contributed by atoms with Gasteiger partial charge in [0, 0.05) is 45.1 Å². The van der Waals surface area contributed by atoms with Crippen molar-refractivity contribution in [3.05, 3.63) is 206 Å². The SMILES string of the molecule is C=C/C=C(\C=C)N(C1=CC2C=Cc3ccccc3C2C=C1)c1ccc(-c2ccc3oc4c5ccccc5c(-c5ccccc5)cc4c3c2)cc1. The molecule has 9 rings (SSSR count). The Morgan fingerprint density at radius 1 is 0.640 bits per heavy atom. The molecule has 0 N–H and O–H groups in total. The van der Waals surface area contributed by atoms with Gasteiger partial charge in [0.25, 0.3) is 0 Å². The lowest BCUT2D eigenvalue weighted by atomic mass is 9.76. The molecule has 0 fully saturated rings. The molecule has 238 valence electrons. The van der Waals surface area contributed by atoms with Gasteiger partial charge in [-0.3, -0.25) is 0 Å². The van der Waals surface area contributed by atoms with Gasteiger partial charge < -0.3 is 9.32 Å². The van der Waals surface area contributed by atoms with E-state index in [1.54, 1.807) is 0 Å². The molecule has 50 heavy (non-hydrogen) atoms. The van der Waals surface area contributed by atoms with Crippen LogP contribution in [0.5, 0.6) is 0 Å². The maximum atomic E-state index is 6.54. The van der Waals surface area contributed by atoms with Crippen LogP contribution in [0.25, 0.3) is 61.0 Å². The topological polar surface area (TPSA) is 16.4 Å². The number of allylic oxidation sites excluding steroid dienone is 7. The zero-order chi connectivity index (χ0) is 33.6. The minimum absolute atomic E-state index is 0.275. The first kappa shape index (κ1) is 29.7. The first-order chi connectivity index (χ1) is 24.7. The van der Waals surface area contributed by atoms with Crippen molar-refractivity contribution in [3.8, 4) is 22.3 Å². The Kier molecular flexibility index (Phi) is 7.29. The molecule has 2 unspecified atom stereocenters. The van der Waals surface area contributed by atoms with Crippen molar-refractivity contribution in [2.75, 3.05) is 4.90 Å². The van der Waals surface area contributed by atoms with Crippen molar-refractivity contribution in [3.63, 3.8) is 0 Å². The Morgan fingerprint density at radius 2 is 1.40 bits per heavy atom. The Morgan fingerprint density at radius 3 is 2.22 bits per heavy atom. The van der Waals surface area contributed by atoms with Gasteiger partial charge in [0.1, 0.15) is 11.2 Å². The second-order valence-corrected chi connectivity index (χ2v) is 13.0. The molecule has 1 aromatic heterocycles. The molecule has 2 nitrogen and oxygen atoms in total. The summed E-state index contributed by atoms with van der Waals surface area (Å²) in [6.45, 7) is 8.15. The van der Waals surface area contributed by atoms with Crippen LogP contribution in [0.2, 0.25) is 0 Å². The van der Waals surface area contributed by atoms with Crippen LogP contribution in [0.1, 0.15) is 17.0 Å². The number of fused-ring (bicyclic) bond motifs is 8. The number of furan rings is 1. The Bertz CT molecular complexity index is 2580. The lowest BCUT2D eigenvalue weighted by Gasteiger charge is -2.34.